The molecule has 0 N–H and O–H groups in total. The van der Waals surface area contributed by atoms with E-state index in [1.54, 1.807) is 51.2 Å². The van der Waals surface area contributed by atoms with Gasteiger partial charge in [0.05, 0.1) is 12.1 Å². The van der Waals surface area contributed by atoms with Gasteiger partial charge in [0, 0.05) is 17.8 Å². The van der Waals surface area contributed by atoms with Crippen molar-refractivity contribution in [2.75, 3.05) is 26.8 Å². The van der Waals surface area contributed by atoms with Crippen LogP contribution in [0.2, 0.25) is 10.2 Å². The summed E-state index contributed by atoms with van der Waals surface area (Å²) in [6.45, 7) is 3.76. The Morgan fingerprint density at radius 1 is 1.15 bits per heavy atom. The van der Waals surface area contributed by atoms with Gasteiger partial charge in [-0.05, 0) is 49.7 Å². The van der Waals surface area contributed by atoms with Crippen LogP contribution < -0.4 is 4.74 Å². The third-order valence-electron chi connectivity index (χ3n) is 3.77. The van der Waals surface area contributed by atoms with Crippen molar-refractivity contribution in [3.8, 4) is 5.75 Å². The van der Waals surface area contributed by atoms with Gasteiger partial charge >= 0.3 is 5.97 Å². The summed E-state index contributed by atoms with van der Waals surface area (Å²) in [4.78, 5) is 29.8. The molecule has 8 heteroatoms. The first-order valence-corrected chi connectivity index (χ1v) is 8.96. The second-order valence-corrected chi connectivity index (χ2v) is 6.73. The van der Waals surface area contributed by atoms with Crippen LogP contribution >= 0.6 is 23.2 Å². The molecule has 0 aliphatic heterocycles. The van der Waals surface area contributed by atoms with Gasteiger partial charge in [0.1, 0.15) is 17.5 Å². The molecule has 2 rings (SSSR count). The fourth-order valence-electron chi connectivity index (χ4n) is 2.30. The number of aryl methyl sites for hydroxylation is 2. The van der Waals surface area contributed by atoms with Crippen molar-refractivity contribution in [2.24, 2.45) is 0 Å². The lowest BCUT2D eigenvalue weighted by molar-refractivity contribution is -0.133. The van der Waals surface area contributed by atoms with Crippen molar-refractivity contribution < 1.29 is 19.1 Å². The number of ether oxygens (including phenoxy) is 2. The highest BCUT2D eigenvalue weighted by molar-refractivity contribution is 6.32. The molecule has 6 nitrogen and oxygen atoms in total. The van der Waals surface area contributed by atoms with Crippen molar-refractivity contribution in [1.82, 2.24) is 9.88 Å². The average Bonchev–Trinajstić information content (AvgIpc) is 2.60. The summed E-state index contributed by atoms with van der Waals surface area (Å²) in [7, 11) is 1.60. The van der Waals surface area contributed by atoms with Gasteiger partial charge in [0.15, 0.2) is 6.61 Å². The number of nitrogens with zero attached hydrogens (tertiary/aromatic N) is 2. The van der Waals surface area contributed by atoms with E-state index in [2.05, 4.69) is 4.98 Å². The average molecular weight is 411 g/mol. The van der Waals surface area contributed by atoms with Gasteiger partial charge in [-0.3, -0.25) is 4.79 Å². The van der Waals surface area contributed by atoms with Crippen LogP contribution in [0.25, 0.3) is 0 Å². The van der Waals surface area contributed by atoms with Gasteiger partial charge in [0.25, 0.3) is 5.91 Å². The molecule has 0 atom stereocenters. The molecule has 0 bridgehead atoms. The van der Waals surface area contributed by atoms with Crippen LogP contribution in [0.1, 0.15) is 21.6 Å². The molecule has 144 valence electrons. The molecule has 0 saturated carbocycles. The number of carbonyl (C=O) groups excluding carboxylic acids is 2. The third kappa shape index (κ3) is 6.12. The molecule has 0 spiro atoms. The number of likely N-dealkylation sites (N-methyl/N-ethyl adjacent to an activating group) is 1. The van der Waals surface area contributed by atoms with Gasteiger partial charge in [-0.15, -0.1) is 0 Å². The van der Waals surface area contributed by atoms with Gasteiger partial charge in [-0.2, -0.15) is 0 Å². The number of amides is 1. The van der Waals surface area contributed by atoms with Crippen molar-refractivity contribution in [3.63, 3.8) is 0 Å². The van der Waals surface area contributed by atoms with E-state index in [0.717, 1.165) is 0 Å². The number of rotatable bonds is 7. The molecular weight excluding hydrogens is 391 g/mol. The Kier molecular flexibility index (Phi) is 7.45. The largest absolute Gasteiger partial charge is 0.492 e. The lowest BCUT2D eigenvalue weighted by Crippen LogP contribution is -2.34. The van der Waals surface area contributed by atoms with Gasteiger partial charge < -0.3 is 14.4 Å². The van der Waals surface area contributed by atoms with E-state index in [1.165, 1.54) is 4.90 Å². The zero-order valence-corrected chi connectivity index (χ0v) is 16.8. The second-order valence-electron chi connectivity index (χ2n) is 5.94. The van der Waals surface area contributed by atoms with Crippen LogP contribution in [0.15, 0.2) is 30.3 Å². The SMILES string of the molecule is Cc1cc(C)c(C(=O)OCC(=O)N(C)CCOc2ccc(Cl)cc2)c(Cl)n1. The maximum Gasteiger partial charge on any atom is 0.342 e. The fraction of sp³-hybridized carbons (Fsp3) is 0.316. The van der Waals surface area contributed by atoms with Crippen LogP contribution in [-0.4, -0.2) is 48.6 Å². The Morgan fingerprint density at radius 3 is 2.44 bits per heavy atom. The molecule has 1 amide bonds. The monoisotopic (exact) mass is 410 g/mol. The smallest absolute Gasteiger partial charge is 0.342 e. The molecule has 0 fully saturated rings. The number of hydrogen-bond acceptors (Lipinski definition) is 5. The minimum Gasteiger partial charge on any atom is -0.492 e. The van der Waals surface area contributed by atoms with Gasteiger partial charge in [0.2, 0.25) is 0 Å². The zero-order valence-electron chi connectivity index (χ0n) is 15.3. The lowest BCUT2D eigenvalue weighted by atomic mass is 10.1. The molecular formula is C19H20Cl2N2O4. The fourth-order valence-corrected chi connectivity index (χ4v) is 2.79. The molecule has 0 aliphatic rings. The Hall–Kier alpha value is -2.31. The van der Waals surface area contributed by atoms with Crippen LogP contribution in [0.4, 0.5) is 0 Å². The summed E-state index contributed by atoms with van der Waals surface area (Å²) in [5.74, 6) is -0.371. The number of pyridine rings is 1. The summed E-state index contributed by atoms with van der Waals surface area (Å²) in [6, 6.07) is 8.66. The first-order chi connectivity index (χ1) is 12.8. The molecule has 0 radical (unpaired) electrons. The number of esters is 1. The number of aromatic nitrogens is 1. The normalized spacial score (nSPS) is 10.4. The molecule has 1 aromatic heterocycles. The number of carbonyl (C=O) groups is 2. The number of benzene rings is 1. The predicted molar refractivity (Wildman–Crippen MR) is 104 cm³/mol. The van der Waals surface area contributed by atoms with Crippen LogP contribution in [-0.2, 0) is 9.53 Å². The van der Waals surface area contributed by atoms with E-state index in [4.69, 9.17) is 32.7 Å². The Bertz CT molecular complexity index is 802. The first-order valence-electron chi connectivity index (χ1n) is 8.21. The third-order valence-corrected chi connectivity index (χ3v) is 4.29. The van der Waals surface area contributed by atoms with Crippen molar-refractivity contribution >= 4 is 35.1 Å². The van der Waals surface area contributed by atoms with E-state index in [-0.39, 0.29) is 23.2 Å². The maximum atomic E-state index is 12.2. The van der Waals surface area contributed by atoms with Crippen molar-refractivity contribution in [1.29, 1.82) is 0 Å². The molecule has 1 aromatic carbocycles. The molecule has 0 saturated heterocycles. The number of hydrogen-bond donors (Lipinski definition) is 0. The maximum absolute atomic E-state index is 12.2. The van der Waals surface area contributed by atoms with Crippen LogP contribution in [0.3, 0.4) is 0 Å². The molecule has 2 aromatic rings. The highest BCUT2D eigenvalue weighted by Gasteiger charge is 2.19. The quantitative estimate of drug-likeness (QED) is 0.514. The zero-order chi connectivity index (χ0) is 20.0. The Labute approximate surface area is 168 Å². The predicted octanol–water partition coefficient (Wildman–Crippen LogP) is 3.70. The standard InChI is InChI=1S/C19H20Cl2N2O4/c1-12-10-13(2)22-18(21)17(12)19(25)27-11-16(24)23(3)8-9-26-15-6-4-14(20)5-7-15/h4-7,10H,8-9,11H2,1-3H3. The second kappa shape index (κ2) is 9.58. The van der Waals surface area contributed by atoms with E-state index >= 15 is 0 Å². The molecule has 1 heterocycles. The Balaban J connectivity index is 1.80. The van der Waals surface area contributed by atoms with E-state index in [9.17, 15) is 9.59 Å². The van der Waals surface area contributed by atoms with E-state index in [1.807, 2.05) is 0 Å². The minimum absolute atomic E-state index is 0.0645. The minimum atomic E-state index is -0.677. The Morgan fingerprint density at radius 2 is 1.81 bits per heavy atom. The first kappa shape index (κ1) is 21.0. The van der Waals surface area contributed by atoms with Crippen molar-refractivity contribution in [2.45, 2.75) is 13.8 Å². The van der Waals surface area contributed by atoms with E-state index < -0.39 is 5.97 Å². The summed E-state index contributed by atoms with van der Waals surface area (Å²) in [6.07, 6.45) is 0. The molecule has 27 heavy (non-hydrogen) atoms. The summed E-state index contributed by atoms with van der Waals surface area (Å²) < 4.78 is 10.6. The van der Waals surface area contributed by atoms with Gasteiger partial charge in [-0.25, -0.2) is 9.78 Å². The summed E-state index contributed by atoms with van der Waals surface area (Å²) >= 11 is 11.8. The highest BCUT2D eigenvalue weighted by atomic mass is 35.5. The summed E-state index contributed by atoms with van der Waals surface area (Å²) in [5.41, 5.74) is 1.52. The van der Waals surface area contributed by atoms with Crippen LogP contribution in [0.5, 0.6) is 5.75 Å². The lowest BCUT2D eigenvalue weighted by Gasteiger charge is -2.17. The summed E-state index contributed by atoms with van der Waals surface area (Å²) in [5, 5.41) is 0.685. The van der Waals surface area contributed by atoms with Crippen molar-refractivity contribution in [3.05, 3.63) is 57.3 Å². The highest BCUT2D eigenvalue weighted by Crippen LogP contribution is 2.19. The topological polar surface area (TPSA) is 68.7 Å². The molecule has 0 unspecified atom stereocenters. The van der Waals surface area contributed by atoms with E-state index in [0.29, 0.717) is 35.2 Å². The molecule has 0 aliphatic carbocycles. The van der Waals surface area contributed by atoms with Gasteiger partial charge in [-0.1, -0.05) is 23.2 Å². The number of halogens is 2. The van der Waals surface area contributed by atoms with Crippen LogP contribution in [0, 0.1) is 13.8 Å².